The average Bonchev–Trinajstić information content (AvgIpc) is 2.55. The zero-order chi connectivity index (χ0) is 17.6. The molecule has 0 saturated carbocycles. The van der Waals surface area contributed by atoms with E-state index in [9.17, 15) is 9.59 Å². The topological polar surface area (TPSA) is 66.4 Å². The van der Waals surface area contributed by atoms with E-state index in [2.05, 4.69) is 31.3 Å². The predicted molar refractivity (Wildman–Crippen MR) is 95.1 cm³/mol. The maximum absolute atomic E-state index is 12.3. The van der Waals surface area contributed by atoms with Crippen LogP contribution >= 0.6 is 0 Å². The molecule has 0 saturated heterocycles. The second-order valence-corrected chi connectivity index (χ2v) is 6.53. The summed E-state index contributed by atoms with van der Waals surface area (Å²) in [5.74, 6) is -1.02. The Morgan fingerprint density at radius 2 is 1.62 bits per heavy atom. The van der Waals surface area contributed by atoms with Crippen LogP contribution in [0.2, 0.25) is 0 Å². The van der Waals surface area contributed by atoms with Crippen LogP contribution in [0.1, 0.15) is 37.8 Å². The number of aliphatic carboxylic acids is 1. The minimum atomic E-state index is -0.915. The Morgan fingerprint density at radius 1 is 1.00 bits per heavy atom. The average molecular weight is 325 g/mol. The number of carbonyl (C=O) groups is 2. The Labute approximate surface area is 142 Å². The highest BCUT2D eigenvalue weighted by Gasteiger charge is 2.21. The summed E-state index contributed by atoms with van der Waals surface area (Å²) < 4.78 is 0. The van der Waals surface area contributed by atoms with Gasteiger partial charge in [-0.15, -0.1) is 0 Å². The van der Waals surface area contributed by atoms with Crippen molar-refractivity contribution in [2.24, 2.45) is 0 Å². The van der Waals surface area contributed by atoms with Gasteiger partial charge in [0.15, 0.2) is 0 Å². The molecule has 0 aliphatic rings. The molecule has 2 aromatic rings. The number of carboxylic acid groups (broad SMARTS) is 1. The Balaban J connectivity index is 1.98. The minimum Gasteiger partial charge on any atom is -0.481 e. The molecular formula is C20H23NO3. The van der Waals surface area contributed by atoms with Gasteiger partial charge in [0.2, 0.25) is 5.91 Å². The largest absolute Gasteiger partial charge is 0.481 e. The number of hydrogen-bond acceptors (Lipinski definition) is 2. The highest BCUT2D eigenvalue weighted by atomic mass is 16.4. The standard InChI is InChI=1S/C20H23NO3/c1-20(2,16-9-4-3-5-10-16)13-12-18(22)21-17-11-7-6-8-15(17)14-19(23)24/h3-11H,12-14H2,1-2H3,(H,21,22)(H,23,24). The number of anilines is 1. The molecular weight excluding hydrogens is 302 g/mol. The van der Waals surface area contributed by atoms with Crippen LogP contribution in [0.4, 0.5) is 5.69 Å². The van der Waals surface area contributed by atoms with Crippen molar-refractivity contribution < 1.29 is 14.7 Å². The van der Waals surface area contributed by atoms with Gasteiger partial charge in [0, 0.05) is 12.1 Å². The first kappa shape index (κ1) is 17.7. The fourth-order valence-electron chi connectivity index (χ4n) is 2.63. The third-order valence-corrected chi connectivity index (χ3v) is 4.17. The van der Waals surface area contributed by atoms with Crippen LogP contribution in [-0.2, 0) is 21.4 Å². The van der Waals surface area contributed by atoms with E-state index in [1.165, 1.54) is 5.56 Å². The highest BCUT2D eigenvalue weighted by Crippen LogP contribution is 2.28. The molecule has 2 N–H and O–H groups in total. The summed E-state index contributed by atoms with van der Waals surface area (Å²) in [5.41, 5.74) is 2.28. The lowest BCUT2D eigenvalue weighted by molar-refractivity contribution is -0.136. The summed E-state index contributed by atoms with van der Waals surface area (Å²) in [6, 6.07) is 17.1. The molecule has 4 heteroatoms. The number of hydrogen-bond donors (Lipinski definition) is 2. The Kier molecular flexibility index (Phi) is 5.74. The molecule has 4 nitrogen and oxygen atoms in total. The molecule has 0 bridgehead atoms. The molecule has 0 aromatic heterocycles. The Bertz CT molecular complexity index is 708. The van der Waals surface area contributed by atoms with Crippen LogP contribution in [0.15, 0.2) is 54.6 Å². The van der Waals surface area contributed by atoms with Crippen molar-refractivity contribution in [3.63, 3.8) is 0 Å². The van der Waals surface area contributed by atoms with Crippen LogP contribution in [0, 0.1) is 0 Å². The summed E-state index contributed by atoms with van der Waals surface area (Å²) in [5, 5.41) is 11.8. The van der Waals surface area contributed by atoms with Gasteiger partial charge in [-0.25, -0.2) is 0 Å². The summed E-state index contributed by atoms with van der Waals surface area (Å²) in [7, 11) is 0. The normalized spacial score (nSPS) is 11.1. The lowest BCUT2D eigenvalue weighted by atomic mass is 9.80. The molecule has 24 heavy (non-hydrogen) atoms. The summed E-state index contributed by atoms with van der Waals surface area (Å²) in [6.07, 6.45) is 0.985. The maximum atomic E-state index is 12.3. The number of carbonyl (C=O) groups excluding carboxylic acids is 1. The first-order valence-corrected chi connectivity index (χ1v) is 8.03. The zero-order valence-electron chi connectivity index (χ0n) is 14.1. The van der Waals surface area contributed by atoms with Crippen LogP contribution in [0.25, 0.3) is 0 Å². The van der Waals surface area contributed by atoms with E-state index in [1.807, 2.05) is 18.2 Å². The number of para-hydroxylation sites is 1. The first-order chi connectivity index (χ1) is 11.4. The molecule has 2 aromatic carbocycles. The SMILES string of the molecule is CC(C)(CCC(=O)Nc1ccccc1CC(=O)O)c1ccccc1. The second kappa shape index (κ2) is 7.77. The third kappa shape index (κ3) is 4.95. The van der Waals surface area contributed by atoms with Gasteiger partial charge in [0.25, 0.3) is 0 Å². The predicted octanol–water partition coefficient (Wildman–Crippen LogP) is 4.01. The smallest absolute Gasteiger partial charge is 0.307 e. The van der Waals surface area contributed by atoms with E-state index in [4.69, 9.17) is 5.11 Å². The molecule has 0 heterocycles. The number of carboxylic acids is 1. The van der Waals surface area contributed by atoms with Crippen molar-refractivity contribution in [3.8, 4) is 0 Å². The molecule has 0 unspecified atom stereocenters. The van der Waals surface area contributed by atoms with Crippen LogP contribution in [0.5, 0.6) is 0 Å². The molecule has 0 radical (unpaired) electrons. The van der Waals surface area contributed by atoms with Crippen LogP contribution < -0.4 is 5.32 Å². The van der Waals surface area contributed by atoms with E-state index in [1.54, 1.807) is 24.3 Å². The summed E-state index contributed by atoms with van der Waals surface area (Å²) >= 11 is 0. The van der Waals surface area contributed by atoms with Crippen molar-refractivity contribution in [3.05, 3.63) is 65.7 Å². The Morgan fingerprint density at radius 3 is 2.29 bits per heavy atom. The van der Waals surface area contributed by atoms with Gasteiger partial charge < -0.3 is 10.4 Å². The molecule has 0 atom stereocenters. The summed E-state index contributed by atoms with van der Waals surface area (Å²) in [4.78, 5) is 23.2. The first-order valence-electron chi connectivity index (χ1n) is 8.03. The van der Waals surface area contributed by atoms with E-state index in [0.717, 1.165) is 0 Å². The number of benzene rings is 2. The molecule has 0 aliphatic carbocycles. The Hall–Kier alpha value is -2.62. The van der Waals surface area contributed by atoms with E-state index >= 15 is 0 Å². The number of amides is 1. The van der Waals surface area contributed by atoms with Gasteiger partial charge >= 0.3 is 5.97 Å². The zero-order valence-corrected chi connectivity index (χ0v) is 14.1. The van der Waals surface area contributed by atoms with E-state index < -0.39 is 5.97 Å². The minimum absolute atomic E-state index is 0.0980. The molecule has 0 spiro atoms. The van der Waals surface area contributed by atoms with Gasteiger partial charge in [-0.05, 0) is 29.0 Å². The second-order valence-electron chi connectivity index (χ2n) is 6.53. The van der Waals surface area contributed by atoms with Crippen molar-refractivity contribution in [1.82, 2.24) is 0 Å². The molecule has 126 valence electrons. The molecule has 2 rings (SSSR count). The van der Waals surface area contributed by atoms with Crippen molar-refractivity contribution in [2.45, 2.75) is 38.5 Å². The van der Waals surface area contributed by atoms with Gasteiger partial charge in [-0.3, -0.25) is 9.59 Å². The van der Waals surface area contributed by atoms with Crippen LogP contribution in [0.3, 0.4) is 0 Å². The van der Waals surface area contributed by atoms with Crippen LogP contribution in [-0.4, -0.2) is 17.0 Å². The fourth-order valence-corrected chi connectivity index (χ4v) is 2.63. The van der Waals surface area contributed by atoms with Crippen molar-refractivity contribution in [1.29, 1.82) is 0 Å². The van der Waals surface area contributed by atoms with Gasteiger partial charge in [0.1, 0.15) is 0 Å². The number of rotatable bonds is 7. The fraction of sp³-hybridized carbons (Fsp3) is 0.300. The highest BCUT2D eigenvalue weighted by molar-refractivity contribution is 5.92. The quantitative estimate of drug-likeness (QED) is 0.808. The molecule has 1 amide bonds. The van der Waals surface area contributed by atoms with Gasteiger partial charge in [0.05, 0.1) is 6.42 Å². The molecule has 0 aliphatic heterocycles. The third-order valence-electron chi connectivity index (χ3n) is 4.17. The molecule has 0 fully saturated rings. The monoisotopic (exact) mass is 325 g/mol. The van der Waals surface area contributed by atoms with Crippen molar-refractivity contribution >= 4 is 17.6 Å². The van der Waals surface area contributed by atoms with Gasteiger partial charge in [-0.2, -0.15) is 0 Å². The lowest BCUT2D eigenvalue weighted by Gasteiger charge is -2.25. The number of nitrogens with one attached hydrogen (secondary N) is 1. The summed E-state index contributed by atoms with van der Waals surface area (Å²) in [6.45, 7) is 4.24. The van der Waals surface area contributed by atoms with Gasteiger partial charge in [-0.1, -0.05) is 62.4 Å². The van der Waals surface area contributed by atoms with E-state index in [-0.39, 0.29) is 17.7 Å². The van der Waals surface area contributed by atoms with Crippen molar-refractivity contribution in [2.75, 3.05) is 5.32 Å². The lowest BCUT2D eigenvalue weighted by Crippen LogP contribution is -2.21. The maximum Gasteiger partial charge on any atom is 0.307 e. The van der Waals surface area contributed by atoms with E-state index in [0.29, 0.717) is 24.1 Å².